The highest BCUT2D eigenvalue weighted by molar-refractivity contribution is 7.98. The van der Waals surface area contributed by atoms with Crippen LogP contribution in [0.3, 0.4) is 0 Å². The first-order chi connectivity index (χ1) is 31.7. The molecular weight excluding hydrogens is 891 g/mol. The van der Waals surface area contributed by atoms with E-state index in [4.69, 9.17) is 11.5 Å². The molecule has 23 nitrogen and oxygen atoms in total. The van der Waals surface area contributed by atoms with Crippen molar-refractivity contribution >= 4 is 81.7 Å². The number of amides is 10. The van der Waals surface area contributed by atoms with Crippen LogP contribution in [0, 0.1) is 5.92 Å². The number of aromatic amines is 2. The highest BCUT2D eigenvalue weighted by Crippen LogP contribution is 2.19. The molecule has 0 bridgehead atoms. The van der Waals surface area contributed by atoms with E-state index in [1.54, 1.807) is 12.3 Å². The van der Waals surface area contributed by atoms with Gasteiger partial charge in [0.1, 0.15) is 42.3 Å². The second kappa shape index (κ2) is 26.9. The highest BCUT2D eigenvalue weighted by Gasteiger charge is 2.32. The minimum atomic E-state index is -1.28. The number of hydrogen-bond donors (Lipinski definition) is 12. The maximum absolute atomic E-state index is 13.8. The normalized spacial score (nSPS) is 14.2. The molecule has 0 spiro atoms. The largest absolute Gasteiger partial charge is 0.370 e. The van der Waals surface area contributed by atoms with Gasteiger partial charge in [0.15, 0.2) is 0 Å². The van der Waals surface area contributed by atoms with Crippen molar-refractivity contribution in [2.75, 3.05) is 18.6 Å². The molecule has 0 saturated carbocycles. The van der Waals surface area contributed by atoms with E-state index in [0.717, 1.165) is 10.9 Å². The average Bonchev–Trinajstić information content (AvgIpc) is 3.94. The number of nitrogens with two attached hydrogens (primary N) is 2. The second-order valence-electron chi connectivity index (χ2n) is 16.4. The third-order valence-corrected chi connectivity index (χ3v) is 10.9. The number of para-hydroxylation sites is 1. The Labute approximate surface area is 391 Å². The van der Waals surface area contributed by atoms with Crippen molar-refractivity contribution in [3.05, 3.63) is 54.2 Å². The lowest BCUT2D eigenvalue weighted by atomic mass is 10.0. The first kappa shape index (κ1) is 54.4. The molecule has 0 aliphatic heterocycles. The number of nitrogens with zero attached hydrogens (tertiary/aromatic N) is 1. The van der Waals surface area contributed by atoms with E-state index in [2.05, 4.69) is 57.5 Å². The molecule has 2 heterocycles. The first-order valence-corrected chi connectivity index (χ1v) is 23.0. The van der Waals surface area contributed by atoms with Gasteiger partial charge in [0.2, 0.25) is 59.1 Å². The Morgan fingerprint density at radius 3 is 1.90 bits per heavy atom. The zero-order valence-corrected chi connectivity index (χ0v) is 39.2. The molecule has 10 amide bonds. The van der Waals surface area contributed by atoms with Crippen molar-refractivity contribution in [1.82, 2.24) is 57.5 Å². The predicted octanol–water partition coefficient (Wildman–Crippen LogP) is -2.20. The van der Waals surface area contributed by atoms with E-state index < -0.39 is 108 Å². The maximum Gasteiger partial charge on any atom is 0.243 e. The molecule has 366 valence electrons. The number of fused-ring (bicyclic) bond motifs is 1. The Kier molecular flexibility index (Phi) is 21.8. The number of hydrogen-bond acceptors (Lipinski definition) is 12. The lowest BCUT2D eigenvalue weighted by molar-refractivity contribution is -0.134. The van der Waals surface area contributed by atoms with Crippen LogP contribution in [-0.4, -0.2) is 135 Å². The molecule has 3 rings (SSSR count). The smallest absolute Gasteiger partial charge is 0.243 e. The third kappa shape index (κ3) is 18.4. The van der Waals surface area contributed by atoms with Crippen molar-refractivity contribution in [3.63, 3.8) is 0 Å². The minimum absolute atomic E-state index is 0.0481. The number of carbonyl (C=O) groups excluding carboxylic acids is 10. The van der Waals surface area contributed by atoms with E-state index in [0.29, 0.717) is 17.0 Å². The summed E-state index contributed by atoms with van der Waals surface area (Å²) in [4.78, 5) is 139. The van der Waals surface area contributed by atoms with Gasteiger partial charge in [-0.25, -0.2) is 4.98 Å². The first-order valence-electron chi connectivity index (χ1n) is 21.6. The predicted molar refractivity (Wildman–Crippen MR) is 248 cm³/mol. The molecule has 67 heavy (non-hydrogen) atoms. The fourth-order valence-corrected chi connectivity index (χ4v) is 7.22. The maximum atomic E-state index is 13.8. The summed E-state index contributed by atoms with van der Waals surface area (Å²) in [6.45, 7) is 6.93. The summed E-state index contributed by atoms with van der Waals surface area (Å²) >= 11 is 1.47. The number of carbonyl (C=O) groups is 10. The Balaban J connectivity index is 1.66. The summed E-state index contributed by atoms with van der Waals surface area (Å²) < 4.78 is 0. The number of rotatable bonds is 28. The van der Waals surface area contributed by atoms with Crippen molar-refractivity contribution in [2.24, 2.45) is 17.4 Å². The van der Waals surface area contributed by atoms with E-state index in [9.17, 15) is 47.9 Å². The number of imidazole rings is 1. The molecule has 2 aromatic heterocycles. The molecule has 0 aliphatic carbocycles. The molecule has 0 aliphatic rings. The summed E-state index contributed by atoms with van der Waals surface area (Å²) in [5.74, 6) is -6.78. The van der Waals surface area contributed by atoms with Crippen molar-refractivity contribution < 1.29 is 47.9 Å². The van der Waals surface area contributed by atoms with Crippen LogP contribution in [0.5, 0.6) is 0 Å². The molecule has 0 radical (unpaired) electrons. The Morgan fingerprint density at radius 1 is 0.672 bits per heavy atom. The Morgan fingerprint density at radius 2 is 1.27 bits per heavy atom. The number of primary amides is 2. The molecule has 0 fully saturated rings. The van der Waals surface area contributed by atoms with Crippen LogP contribution >= 0.6 is 11.8 Å². The van der Waals surface area contributed by atoms with Crippen LogP contribution in [0.1, 0.15) is 71.6 Å². The van der Waals surface area contributed by atoms with E-state index in [1.165, 1.54) is 45.1 Å². The standard InChI is InChI=1S/C43H63N13O10S/c1-22(2)15-32(42(65)54-30(37(45)60)13-14-67-6)55-43(66)34(17-27-19-46-21-49-27)53-36(59)20-48-38(61)23(3)50-39(62)24(4)51-41(64)33(16-26-18-47-29-10-8-7-9-28(26)29)56-40(63)31(52-25(5)57)11-12-35(44)58/h7-10,18-19,21-24,30-34,47H,11-17,20H2,1-6H3,(H2,44,58)(H2,45,60)(H,46,49)(H,48,61)(H,50,62)(H,51,64)(H,52,57)(H,53,59)(H,54,65)(H,55,66)(H,56,63)/t23-,24-,30-,31-,32-,33-,34-/m0/s1. The summed E-state index contributed by atoms with van der Waals surface area (Å²) in [6.07, 6.45) is 6.33. The quantitative estimate of drug-likeness (QED) is 0.0369. The zero-order valence-electron chi connectivity index (χ0n) is 38.4. The summed E-state index contributed by atoms with van der Waals surface area (Å²) in [7, 11) is 0. The van der Waals surface area contributed by atoms with Gasteiger partial charge in [-0.2, -0.15) is 11.8 Å². The van der Waals surface area contributed by atoms with Gasteiger partial charge in [-0.05, 0) is 62.7 Å². The number of H-pyrrole nitrogens is 2. The number of aromatic nitrogens is 3. The Bertz CT molecular complexity index is 2220. The van der Waals surface area contributed by atoms with Crippen LogP contribution in [0.2, 0.25) is 0 Å². The number of nitrogens with one attached hydrogen (secondary N) is 10. The number of thioether (sulfide) groups is 1. The molecule has 7 atom stereocenters. The summed E-state index contributed by atoms with van der Waals surface area (Å²) in [5, 5.41) is 21.1. The lowest BCUT2D eigenvalue weighted by Gasteiger charge is -2.26. The van der Waals surface area contributed by atoms with Gasteiger partial charge in [0.25, 0.3) is 0 Å². The van der Waals surface area contributed by atoms with Crippen molar-refractivity contribution in [1.29, 1.82) is 0 Å². The van der Waals surface area contributed by atoms with Gasteiger partial charge < -0.3 is 64.0 Å². The SMILES string of the molecule is CSCC[C@H](NC(=O)[C@H](CC(C)C)NC(=O)[C@H](Cc1cnc[nH]1)NC(=O)CNC(=O)[C@H](C)NC(=O)[C@H](C)NC(=O)[C@H](Cc1c[nH]c2ccccc12)NC(=O)[C@H](CCC(N)=O)NC(C)=O)C(N)=O. The summed E-state index contributed by atoms with van der Waals surface area (Å²) in [6, 6.07) is -1.03. The van der Waals surface area contributed by atoms with Gasteiger partial charge in [0.05, 0.1) is 12.9 Å². The van der Waals surface area contributed by atoms with Crippen LogP contribution in [-0.2, 0) is 60.8 Å². The molecule has 1 aromatic carbocycles. The molecule has 0 saturated heterocycles. The Hall–Kier alpha value is -6.98. The van der Waals surface area contributed by atoms with Gasteiger partial charge >= 0.3 is 0 Å². The van der Waals surface area contributed by atoms with E-state index >= 15 is 0 Å². The highest BCUT2D eigenvalue weighted by atomic mass is 32.2. The summed E-state index contributed by atoms with van der Waals surface area (Å²) in [5.41, 5.74) is 12.7. The molecule has 14 N–H and O–H groups in total. The lowest BCUT2D eigenvalue weighted by Crippen LogP contribution is -2.58. The molecule has 24 heteroatoms. The second-order valence-corrected chi connectivity index (χ2v) is 17.4. The van der Waals surface area contributed by atoms with Gasteiger partial charge in [0, 0.05) is 55.2 Å². The van der Waals surface area contributed by atoms with Gasteiger partial charge in [-0.3, -0.25) is 47.9 Å². The van der Waals surface area contributed by atoms with E-state index in [-0.39, 0.29) is 44.4 Å². The minimum Gasteiger partial charge on any atom is -0.370 e. The monoisotopic (exact) mass is 953 g/mol. The third-order valence-electron chi connectivity index (χ3n) is 10.3. The fourth-order valence-electron chi connectivity index (χ4n) is 6.75. The van der Waals surface area contributed by atoms with Crippen LogP contribution < -0.4 is 54.0 Å². The van der Waals surface area contributed by atoms with Crippen LogP contribution in [0.4, 0.5) is 0 Å². The van der Waals surface area contributed by atoms with Crippen molar-refractivity contribution in [2.45, 2.75) is 115 Å². The molecular formula is C43H63N13O10S. The van der Waals surface area contributed by atoms with Gasteiger partial charge in [-0.15, -0.1) is 0 Å². The van der Waals surface area contributed by atoms with Crippen LogP contribution in [0.25, 0.3) is 10.9 Å². The average molecular weight is 954 g/mol. The molecule has 3 aromatic rings. The number of benzene rings is 1. The zero-order chi connectivity index (χ0) is 49.8. The molecule has 0 unspecified atom stereocenters. The van der Waals surface area contributed by atoms with Crippen LogP contribution in [0.15, 0.2) is 43.0 Å². The van der Waals surface area contributed by atoms with Gasteiger partial charge in [-0.1, -0.05) is 32.0 Å². The van der Waals surface area contributed by atoms with Crippen molar-refractivity contribution in [3.8, 4) is 0 Å². The fraction of sp³-hybridized carbons (Fsp3) is 0.512. The topological polar surface area (TPSA) is 363 Å². The van der Waals surface area contributed by atoms with E-state index in [1.807, 2.05) is 38.3 Å².